The first-order valence-corrected chi connectivity index (χ1v) is 12.8. The molecule has 0 bridgehead atoms. The Kier molecular flexibility index (Phi) is 6.73. The number of halogens is 1. The van der Waals surface area contributed by atoms with Crippen LogP contribution in [0.15, 0.2) is 72.9 Å². The molecule has 0 aliphatic carbocycles. The van der Waals surface area contributed by atoms with Gasteiger partial charge >= 0.3 is 0 Å². The summed E-state index contributed by atoms with van der Waals surface area (Å²) in [6, 6.07) is 22.4. The highest BCUT2D eigenvalue weighted by atomic mass is 35.5. The third-order valence-electron chi connectivity index (χ3n) is 6.89. The Bertz CT molecular complexity index is 1400. The molecule has 7 heteroatoms. The van der Waals surface area contributed by atoms with E-state index in [0.717, 1.165) is 46.2 Å². The predicted octanol–water partition coefficient (Wildman–Crippen LogP) is 6.89. The number of nitrogens with one attached hydrogen (secondary N) is 1. The first kappa shape index (κ1) is 24.3. The van der Waals surface area contributed by atoms with E-state index in [4.69, 9.17) is 28.6 Å². The molecule has 1 N–H and O–H groups in total. The van der Waals surface area contributed by atoms with Crippen molar-refractivity contribution in [3.8, 4) is 11.4 Å². The standard InChI is InChI=1S/C29H29ClN4OS/c1-5-20-9-12-22(13-10-20)34-28(27(32-29(34)36)24-8-6-7-15-31-24)23-16-18(2)33(19(23)3)25-17-21(30)11-14-26(25)35-4/h6-17,27-28H,5H2,1-4H3,(H,32,36)/t27-,28+/m1/s1. The Morgan fingerprint density at radius 2 is 1.83 bits per heavy atom. The Morgan fingerprint density at radius 3 is 2.50 bits per heavy atom. The zero-order chi connectivity index (χ0) is 25.4. The maximum atomic E-state index is 6.40. The van der Waals surface area contributed by atoms with E-state index >= 15 is 0 Å². The van der Waals surface area contributed by atoms with Gasteiger partial charge in [-0.2, -0.15) is 0 Å². The van der Waals surface area contributed by atoms with Gasteiger partial charge in [0.25, 0.3) is 0 Å². The van der Waals surface area contributed by atoms with Crippen molar-refractivity contribution >= 4 is 34.6 Å². The number of aromatic nitrogens is 2. The van der Waals surface area contributed by atoms with Crippen molar-refractivity contribution < 1.29 is 4.74 Å². The number of nitrogens with zero attached hydrogens (tertiary/aromatic N) is 3. The predicted molar refractivity (Wildman–Crippen MR) is 151 cm³/mol. The summed E-state index contributed by atoms with van der Waals surface area (Å²) < 4.78 is 7.89. The minimum absolute atomic E-state index is 0.0926. The number of pyridine rings is 1. The molecule has 2 aromatic carbocycles. The molecule has 3 heterocycles. The maximum Gasteiger partial charge on any atom is 0.174 e. The van der Waals surface area contributed by atoms with Gasteiger partial charge in [-0.05, 0) is 92.1 Å². The molecule has 5 nitrogen and oxygen atoms in total. The number of anilines is 1. The monoisotopic (exact) mass is 516 g/mol. The first-order valence-electron chi connectivity index (χ1n) is 12.0. The molecule has 1 saturated heterocycles. The molecule has 1 aliphatic rings. The second-order valence-electron chi connectivity index (χ2n) is 8.99. The quantitative estimate of drug-likeness (QED) is 0.283. The largest absolute Gasteiger partial charge is 0.495 e. The molecule has 4 aromatic rings. The molecule has 0 amide bonds. The molecular formula is C29H29ClN4OS. The number of rotatable bonds is 6. The molecule has 36 heavy (non-hydrogen) atoms. The van der Waals surface area contributed by atoms with E-state index in [1.807, 2.05) is 36.5 Å². The molecule has 2 atom stereocenters. The molecule has 0 radical (unpaired) electrons. The van der Waals surface area contributed by atoms with Crippen LogP contribution in [0.5, 0.6) is 5.75 Å². The average Bonchev–Trinajstić information content (AvgIpc) is 3.39. The fourth-order valence-corrected chi connectivity index (χ4v) is 5.65. The van der Waals surface area contributed by atoms with Crippen LogP contribution in [-0.2, 0) is 6.42 Å². The molecule has 2 aromatic heterocycles. The lowest BCUT2D eigenvalue weighted by Crippen LogP contribution is -2.29. The van der Waals surface area contributed by atoms with E-state index in [1.54, 1.807) is 7.11 Å². The molecular weight excluding hydrogens is 488 g/mol. The van der Waals surface area contributed by atoms with E-state index in [-0.39, 0.29) is 12.1 Å². The molecule has 0 saturated carbocycles. The van der Waals surface area contributed by atoms with E-state index in [2.05, 4.69) is 76.9 Å². The van der Waals surface area contributed by atoms with Crippen LogP contribution >= 0.6 is 23.8 Å². The Balaban J connectivity index is 1.69. The van der Waals surface area contributed by atoms with Crippen LogP contribution in [-0.4, -0.2) is 21.8 Å². The highest BCUT2D eigenvalue weighted by Gasteiger charge is 2.42. The summed E-state index contributed by atoms with van der Waals surface area (Å²) in [5.41, 5.74) is 7.55. The lowest BCUT2D eigenvalue weighted by atomic mass is 9.96. The fraction of sp³-hybridized carbons (Fsp3) is 0.241. The lowest BCUT2D eigenvalue weighted by Gasteiger charge is -2.28. The highest BCUT2D eigenvalue weighted by Crippen LogP contribution is 2.44. The number of thiocarbonyl (C=S) groups is 1. The van der Waals surface area contributed by atoms with Gasteiger partial charge in [-0.25, -0.2) is 0 Å². The molecule has 184 valence electrons. The van der Waals surface area contributed by atoms with Crippen LogP contribution in [0.3, 0.4) is 0 Å². The number of ether oxygens (including phenoxy) is 1. The van der Waals surface area contributed by atoms with Crippen LogP contribution < -0.4 is 15.0 Å². The summed E-state index contributed by atoms with van der Waals surface area (Å²) in [4.78, 5) is 6.91. The number of benzene rings is 2. The molecule has 0 spiro atoms. The number of hydrogen-bond acceptors (Lipinski definition) is 3. The summed E-state index contributed by atoms with van der Waals surface area (Å²) in [7, 11) is 1.68. The average molecular weight is 517 g/mol. The lowest BCUT2D eigenvalue weighted by molar-refractivity contribution is 0.412. The molecule has 1 aliphatic heterocycles. The Morgan fingerprint density at radius 1 is 1.06 bits per heavy atom. The fourth-order valence-electron chi connectivity index (χ4n) is 5.14. The summed E-state index contributed by atoms with van der Waals surface area (Å²) in [6.45, 7) is 6.40. The third kappa shape index (κ3) is 4.25. The second kappa shape index (κ2) is 9.96. The van der Waals surface area contributed by atoms with Gasteiger partial charge in [-0.1, -0.05) is 36.7 Å². The van der Waals surface area contributed by atoms with Gasteiger partial charge in [-0.15, -0.1) is 0 Å². The smallest absolute Gasteiger partial charge is 0.174 e. The van der Waals surface area contributed by atoms with Crippen molar-refractivity contribution in [2.24, 2.45) is 0 Å². The number of aryl methyl sites for hydroxylation is 2. The van der Waals surface area contributed by atoms with E-state index in [1.165, 1.54) is 5.56 Å². The van der Waals surface area contributed by atoms with Crippen LogP contribution in [0.4, 0.5) is 5.69 Å². The van der Waals surface area contributed by atoms with Crippen LogP contribution in [0.25, 0.3) is 5.69 Å². The van der Waals surface area contributed by atoms with Crippen LogP contribution in [0, 0.1) is 13.8 Å². The first-order chi connectivity index (χ1) is 17.4. The minimum atomic E-state index is -0.111. The van der Waals surface area contributed by atoms with Crippen molar-refractivity contribution in [3.05, 3.63) is 106 Å². The van der Waals surface area contributed by atoms with Gasteiger partial charge in [0, 0.05) is 28.3 Å². The maximum absolute atomic E-state index is 6.40. The summed E-state index contributed by atoms with van der Waals surface area (Å²) >= 11 is 12.3. The zero-order valence-electron chi connectivity index (χ0n) is 20.8. The van der Waals surface area contributed by atoms with E-state index < -0.39 is 0 Å². The van der Waals surface area contributed by atoms with Crippen molar-refractivity contribution in [2.75, 3.05) is 12.0 Å². The van der Waals surface area contributed by atoms with Gasteiger partial charge in [0.1, 0.15) is 5.75 Å². The van der Waals surface area contributed by atoms with Crippen molar-refractivity contribution in [2.45, 2.75) is 39.3 Å². The van der Waals surface area contributed by atoms with Crippen LogP contribution in [0.2, 0.25) is 5.02 Å². The van der Waals surface area contributed by atoms with Crippen molar-refractivity contribution in [1.29, 1.82) is 0 Å². The zero-order valence-corrected chi connectivity index (χ0v) is 22.4. The Hall–Kier alpha value is -3.35. The number of hydrogen-bond donors (Lipinski definition) is 1. The van der Waals surface area contributed by atoms with Gasteiger partial charge in [-0.3, -0.25) is 4.98 Å². The Labute approximate surface area is 222 Å². The topological polar surface area (TPSA) is 42.3 Å². The van der Waals surface area contributed by atoms with Gasteiger partial charge in [0.05, 0.1) is 30.6 Å². The normalized spacial score (nSPS) is 17.4. The van der Waals surface area contributed by atoms with Gasteiger partial charge in [0.2, 0.25) is 0 Å². The van der Waals surface area contributed by atoms with E-state index in [0.29, 0.717) is 10.1 Å². The van der Waals surface area contributed by atoms with Crippen LogP contribution in [0.1, 0.15) is 47.2 Å². The third-order valence-corrected chi connectivity index (χ3v) is 7.44. The summed E-state index contributed by atoms with van der Waals surface area (Å²) in [5, 5.41) is 4.91. The minimum Gasteiger partial charge on any atom is -0.495 e. The van der Waals surface area contributed by atoms with Gasteiger partial charge in [0.15, 0.2) is 5.11 Å². The molecule has 0 unspecified atom stereocenters. The molecule has 1 fully saturated rings. The van der Waals surface area contributed by atoms with E-state index in [9.17, 15) is 0 Å². The number of methoxy groups -OCH3 is 1. The van der Waals surface area contributed by atoms with Gasteiger partial charge < -0.3 is 19.5 Å². The summed E-state index contributed by atoms with van der Waals surface area (Å²) in [6.07, 6.45) is 2.82. The van der Waals surface area contributed by atoms with Crippen molar-refractivity contribution in [1.82, 2.24) is 14.9 Å². The van der Waals surface area contributed by atoms with Crippen molar-refractivity contribution in [3.63, 3.8) is 0 Å². The highest BCUT2D eigenvalue weighted by molar-refractivity contribution is 7.80. The SMILES string of the molecule is CCc1ccc(N2C(=S)N[C@H](c3ccccn3)[C@@H]2c2cc(C)n(-c3cc(Cl)ccc3OC)c2C)cc1. The molecule has 5 rings (SSSR count). The summed E-state index contributed by atoms with van der Waals surface area (Å²) in [5.74, 6) is 0.765. The second-order valence-corrected chi connectivity index (χ2v) is 9.82.